The Morgan fingerprint density at radius 2 is 2.04 bits per heavy atom. The Morgan fingerprint density at radius 1 is 1.35 bits per heavy atom. The molecule has 1 heterocycles. The highest BCUT2D eigenvalue weighted by molar-refractivity contribution is 9.09. The number of ketones is 1. The van der Waals surface area contributed by atoms with Gasteiger partial charge in [-0.25, -0.2) is 4.39 Å². The van der Waals surface area contributed by atoms with E-state index in [-0.39, 0.29) is 35.0 Å². The molecule has 0 aliphatic carbocycles. The highest BCUT2D eigenvalue weighted by atomic mass is 79.9. The van der Waals surface area contributed by atoms with Crippen LogP contribution in [0.1, 0.15) is 29.9 Å². The standard InChI is InChI=1S/C18H20BrFO5S/c1-9(7-19)8-25-17-13(24-3)6-14-11(16(17)20)5-15(26-14)12(21)4-10(2)18(22)23/h5-6,9-10H,4,7-8H2,1-3H3,(H,22,23). The monoisotopic (exact) mass is 446 g/mol. The van der Waals surface area contributed by atoms with Gasteiger partial charge in [0.05, 0.1) is 24.5 Å². The second-order valence-electron chi connectivity index (χ2n) is 6.18. The van der Waals surface area contributed by atoms with Crippen LogP contribution >= 0.6 is 27.3 Å². The van der Waals surface area contributed by atoms with Gasteiger partial charge in [-0.1, -0.05) is 29.8 Å². The van der Waals surface area contributed by atoms with Crippen LogP contribution in [0.5, 0.6) is 11.5 Å². The number of halogens is 2. The molecule has 0 aliphatic rings. The summed E-state index contributed by atoms with van der Waals surface area (Å²) in [7, 11) is 1.43. The highest BCUT2D eigenvalue weighted by Crippen LogP contribution is 2.40. The number of carbonyl (C=O) groups excluding carboxylic acids is 1. The van der Waals surface area contributed by atoms with E-state index in [1.807, 2.05) is 6.92 Å². The SMILES string of the molecule is COc1cc2sc(C(=O)CC(C)C(=O)O)cc2c(F)c1OCC(C)CBr. The summed E-state index contributed by atoms with van der Waals surface area (Å²) < 4.78 is 26.3. The molecule has 0 aliphatic heterocycles. The number of benzene rings is 1. The number of carboxylic acids is 1. The van der Waals surface area contributed by atoms with Crippen molar-refractivity contribution in [2.45, 2.75) is 20.3 Å². The van der Waals surface area contributed by atoms with Crippen LogP contribution in [0.2, 0.25) is 0 Å². The zero-order valence-electron chi connectivity index (χ0n) is 14.7. The van der Waals surface area contributed by atoms with Crippen LogP contribution in [0.25, 0.3) is 10.1 Å². The molecule has 1 aromatic carbocycles. The van der Waals surface area contributed by atoms with Gasteiger partial charge in [-0.15, -0.1) is 11.3 Å². The van der Waals surface area contributed by atoms with Crippen LogP contribution in [0, 0.1) is 17.7 Å². The number of hydrogen-bond donors (Lipinski definition) is 1. The van der Waals surface area contributed by atoms with Crippen LogP contribution in [-0.2, 0) is 4.79 Å². The lowest BCUT2D eigenvalue weighted by atomic mass is 10.0. The van der Waals surface area contributed by atoms with E-state index in [1.165, 1.54) is 20.1 Å². The molecule has 0 saturated carbocycles. The summed E-state index contributed by atoms with van der Waals surface area (Å²) in [5.41, 5.74) is 0. The van der Waals surface area contributed by atoms with Crippen molar-refractivity contribution in [2.75, 3.05) is 19.0 Å². The van der Waals surface area contributed by atoms with Crippen LogP contribution < -0.4 is 9.47 Å². The van der Waals surface area contributed by atoms with Crippen molar-refractivity contribution in [1.82, 2.24) is 0 Å². The molecule has 0 amide bonds. The summed E-state index contributed by atoms with van der Waals surface area (Å²) in [5.74, 6) is -2.27. The molecule has 0 bridgehead atoms. The number of rotatable bonds is 9. The molecule has 0 radical (unpaired) electrons. The van der Waals surface area contributed by atoms with Gasteiger partial charge in [0.1, 0.15) is 0 Å². The minimum atomic E-state index is -1.04. The van der Waals surface area contributed by atoms with Gasteiger partial charge >= 0.3 is 5.97 Å². The van der Waals surface area contributed by atoms with Gasteiger partial charge < -0.3 is 14.6 Å². The van der Waals surface area contributed by atoms with E-state index in [4.69, 9.17) is 14.6 Å². The molecule has 2 atom stereocenters. The number of fused-ring (bicyclic) bond motifs is 1. The minimum absolute atomic E-state index is 0.0171. The van der Waals surface area contributed by atoms with E-state index in [9.17, 15) is 14.0 Å². The smallest absolute Gasteiger partial charge is 0.306 e. The van der Waals surface area contributed by atoms with Gasteiger partial charge in [0.15, 0.2) is 23.1 Å². The fourth-order valence-electron chi connectivity index (χ4n) is 2.26. The third kappa shape index (κ3) is 4.54. The van der Waals surface area contributed by atoms with Crippen molar-refractivity contribution in [3.8, 4) is 11.5 Å². The van der Waals surface area contributed by atoms with Gasteiger partial charge in [0, 0.05) is 27.9 Å². The number of alkyl halides is 1. The van der Waals surface area contributed by atoms with Crippen molar-refractivity contribution in [2.24, 2.45) is 11.8 Å². The number of Topliss-reactive ketones (excluding diaryl/α,β-unsaturated/α-hetero) is 1. The Hall–Kier alpha value is -1.67. The number of carbonyl (C=O) groups is 2. The Labute approximate surface area is 163 Å². The molecule has 1 N–H and O–H groups in total. The molecule has 0 saturated heterocycles. The lowest BCUT2D eigenvalue weighted by molar-refractivity contribution is -0.141. The van der Waals surface area contributed by atoms with Crippen LogP contribution in [-0.4, -0.2) is 35.9 Å². The van der Waals surface area contributed by atoms with Crippen molar-refractivity contribution in [3.63, 3.8) is 0 Å². The molecular weight excluding hydrogens is 427 g/mol. The Balaban J connectivity index is 2.37. The lowest BCUT2D eigenvalue weighted by Crippen LogP contribution is -2.14. The highest BCUT2D eigenvalue weighted by Gasteiger charge is 2.23. The van der Waals surface area contributed by atoms with Gasteiger partial charge in [-0.3, -0.25) is 9.59 Å². The number of thiophene rings is 1. The summed E-state index contributed by atoms with van der Waals surface area (Å²) in [6.45, 7) is 3.74. The maximum atomic E-state index is 14.9. The molecule has 0 fully saturated rings. The summed E-state index contributed by atoms with van der Waals surface area (Å²) in [6, 6.07) is 3.08. The molecular formula is C18H20BrFO5S. The van der Waals surface area contributed by atoms with Crippen molar-refractivity contribution >= 4 is 49.1 Å². The number of carboxylic acid groups (broad SMARTS) is 1. The quantitative estimate of drug-likeness (QED) is 0.444. The van der Waals surface area contributed by atoms with E-state index in [2.05, 4.69) is 15.9 Å². The summed E-state index contributed by atoms with van der Waals surface area (Å²) >= 11 is 4.46. The van der Waals surface area contributed by atoms with Gasteiger partial charge in [-0.05, 0) is 12.0 Å². The average Bonchev–Trinajstić information content (AvgIpc) is 3.04. The summed E-state index contributed by atoms with van der Waals surface area (Å²) in [5, 5.41) is 9.93. The molecule has 26 heavy (non-hydrogen) atoms. The fourth-order valence-corrected chi connectivity index (χ4v) is 3.48. The second-order valence-corrected chi connectivity index (χ2v) is 7.91. The van der Waals surface area contributed by atoms with Gasteiger partial charge in [-0.2, -0.15) is 0 Å². The summed E-state index contributed by atoms with van der Waals surface area (Å²) in [4.78, 5) is 23.5. The van der Waals surface area contributed by atoms with Crippen molar-refractivity contribution < 1.29 is 28.6 Å². The lowest BCUT2D eigenvalue weighted by Gasteiger charge is -2.14. The second kappa shape index (κ2) is 8.81. The maximum Gasteiger partial charge on any atom is 0.306 e. The van der Waals surface area contributed by atoms with Crippen molar-refractivity contribution in [3.05, 3.63) is 22.8 Å². The predicted molar refractivity (Wildman–Crippen MR) is 103 cm³/mol. The largest absolute Gasteiger partial charge is 0.493 e. The van der Waals surface area contributed by atoms with E-state index in [1.54, 1.807) is 6.07 Å². The number of hydrogen-bond acceptors (Lipinski definition) is 5. The van der Waals surface area contributed by atoms with Crippen LogP contribution in [0.3, 0.4) is 0 Å². The molecule has 2 unspecified atom stereocenters. The van der Waals surface area contributed by atoms with Gasteiger partial charge in [0.25, 0.3) is 0 Å². The Kier molecular flexibility index (Phi) is 7.00. The first-order valence-corrected chi connectivity index (χ1v) is 9.97. The molecule has 0 spiro atoms. The van der Waals surface area contributed by atoms with E-state index < -0.39 is 17.7 Å². The van der Waals surface area contributed by atoms with E-state index in [0.29, 0.717) is 16.2 Å². The van der Waals surface area contributed by atoms with E-state index >= 15 is 0 Å². The molecule has 142 valence electrons. The predicted octanol–water partition coefficient (Wildman–Crippen LogP) is 4.75. The van der Waals surface area contributed by atoms with E-state index in [0.717, 1.165) is 16.7 Å². The topological polar surface area (TPSA) is 72.8 Å². The maximum absolute atomic E-state index is 14.9. The zero-order chi connectivity index (χ0) is 19.4. The molecule has 5 nitrogen and oxygen atoms in total. The normalized spacial score (nSPS) is 13.4. The molecule has 8 heteroatoms. The molecule has 1 aromatic heterocycles. The first kappa shape index (κ1) is 20.6. The fraction of sp³-hybridized carbons (Fsp3) is 0.444. The Morgan fingerprint density at radius 3 is 2.62 bits per heavy atom. The molecule has 2 rings (SSSR count). The first-order chi connectivity index (χ1) is 12.3. The first-order valence-electron chi connectivity index (χ1n) is 8.03. The molecule has 2 aromatic rings. The third-order valence-corrected chi connectivity index (χ3v) is 6.09. The van der Waals surface area contributed by atoms with Crippen molar-refractivity contribution in [1.29, 1.82) is 0 Å². The zero-order valence-corrected chi connectivity index (χ0v) is 17.1. The van der Waals surface area contributed by atoms with Gasteiger partial charge in [0.2, 0.25) is 0 Å². The average molecular weight is 447 g/mol. The number of methoxy groups -OCH3 is 1. The van der Waals surface area contributed by atoms with Crippen LogP contribution in [0.15, 0.2) is 12.1 Å². The summed E-state index contributed by atoms with van der Waals surface area (Å²) in [6.07, 6.45) is -0.132. The Bertz CT molecular complexity index is 820. The third-order valence-electron chi connectivity index (χ3n) is 3.87. The van der Waals surface area contributed by atoms with Crippen LogP contribution in [0.4, 0.5) is 4.39 Å². The minimum Gasteiger partial charge on any atom is -0.493 e. The number of ether oxygens (including phenoxy) is 2. The number of aliphatic carboxylic acids is 1.